The Bertz CT molecular complexity index is 1080. The highest BCUT2D eigenvalue weighted by molar-refractivity contribution is 7.89. The van der Waals surface area contributed by atoms with E-state index < -0.39 is 16.2 Å². The average molecular weight is 409 g/mol. The Hall–Kier alpha value is -2.83. The van der Waals surface area contributed by atoms with Crippen LogP contribution in [0, 0.1) is 0 Å². The molecule has 0 spiro atoms. The molecule has 1 unspecified atom stereocenters. The van der Waals surface area contributed by atoms with Crippen LogP contribution < -0.4 is 10.1 Å². The fraction of sp³-hybridized carbons (Fsp3) is 0.217. The van der Waals surface area contributed by atoms with E-state index in [0.29, 0.717) is 10.6 Å². The van der Waals surface area contributed by atoms with Gasteiger partial charge in [0, 0.05) is 6.54 Å². The molecule has 1 aliphatic rings. The van der Waals surface area contributed by atoms with Crippen molar-refractivity contribution in [3.63, 3.8) is 0 Å². The Morgan fingerprint density at radius 1 is 0.931 bits per heavy atom. The Morgan fingerprint density at radius 2 is 1.59 bits per heavy atom. The van der Waals surface area contributed by atoms with Crippen LogP contribution in [0.15, 0.2) is 83.8 Å². The van der Waals surface area contributed by atoms with Gasteiger partial charge < -0.3 is 10.1 Å². The van der Waals surface area contributed by atoms with E-state index in [-0.39, 0.29) is 12.6 Å². The van der Waals surface area contributed by atoms with Gasteiger partial charge >= 0.3 is 0 Å². The zero-order valence-electron chi connectivity index (χ0n) is 16.4. The first-order chi connectivity index (χ1) is 13.9. The minimum Gasteiger partial charge on any atom is -0.491 e. The largest absolute Gasteiger partial charge is 0.491 e. The van der Waals surface area contributed by atoms with Crippen LogP contribution >= 0.6 is 0 Å². The second-order valence-corrected chi connectivity index (χ2v) is 9.17. The maximum absolute atomic E-state index is 13.5. The number of benzene rings is 3. The summed E-state index contributed by atoms with van der Waals surface area (Å²) in [6.07, 6.45) is -0.432. The van der Waals surface area contributed by atoms with Crippen molar-refractivity contribution < 1.29 is 13.2 Å². The summed E-state index contributed by atoms with van der Waals surface area (Å²) in [5.41, 5.74) is 2.40. The van der Waals surface area contributed by atoms with Crippen LogP contribution in [0.5, 0.6) is 5.75 Å². The van der Waals surface area contributed by atoms with Crippen LogP contribution in [-0.2, 0) is 16.6 Å². The molecule has 0 fully saturated rings. The van der Waals surface area contributed by atoms with Gasteiger partial charge in [-0.25, -0.2) is 8.42 Å². The van der Waals surface area contributed by atoms with E-state index in [0.717, 1.165) is 16.9 Å². The molecule has 0 aliphatic carbocycles. The van der Waals surface area contributed by atoms with Crippen molar-refractivity contribution in [2.75, 3.05) is 5.32 Å². The molecule has 1 heterocycles. The molecule has 0 saturated heterocycles. The van der Waals surface area contributed by atoms with E-state index >= 15 is 0 Å². The minimum atomic E-state index is -3.67. The fourth-order valence-corrected chi connectivity index (χ4v) is 5.16. The topological polar surface area (TPSA) is 58.6 Å². The highest BCUT2D eigenvalue weighted by Gasteiger charge is 2.38. The summed E-state index contributed by atoms with van der Waals surface area (Å²) in [6.45, 7) is 4.23. The van der Waals surface area contributed by atoms with E-state index in [1.54, 1.807) is 18.2 Å². The van der Waals surface area contributed by atoms with Gasteiger partial charge in [0.2, 0.25) is 10.0 Å². The summed E-state index contributed by atoms with van der Waals surface area (Å²) >= 11 is 0. The molecule has 0 aromatic heterocycles. The van der Waals surface area contributed by atoms with Crippen molar-refractivity contribution >= 4 is 15.7 Å². The first-order valence-electron chi connectivity index (χ1n) is 9.63. The molecular formula is C23H24N2O3S. The normalized spacial score (nSPS) is 18.1. The van der Waals surface area contributed by atoms with E-state index in [1.165, 1.54) is 4.31 Å². The lowest BCUT2D eigenvalue weighted by atomic mass is 10.1. The van der Waals surface area contributed by atoms with Gasteiger partial charge in [-0.15, -0.1) is 0 Å². The van der Waals surface area contributed by atoms with Crippen molar-refractivity contribution in [3.05, 3.63) is 90.0 Å². The lowest BCUT2D eigenvalue weighted by Gasteiger charge is -2.37. The fourth-order valence-electron chi connectivity index (χ4n) is 3.49. The van der Waals surface area contributed by atoms with Crippen LogP contribution in [0.4, 0.5) is 5.69 Å². The van der Waals surface area contributed by atoms with E-state index in [2.05, 4.69) is 5.32 Å². The Balaban J connectivity index is 1.75. The van der Waals surface area contributed by atoms with Crippen molar-refractivity contribution in [2.45, 2.75) is 37.6 Å². The number of ether oxygens (including phenoxy) is 1. The molecule has 5 nitrogen and oxygen atoms in total. The molecule has 6 heteroatoms. The number of rotatable bonds is 5. The van der Waals surface area contributed by atoms with E-state index in [1.807, 2.05) is 74.5 Å². The van der Waals surface area contributed by atoms with Crippen LogP contribution in [0.25, 0.3) is 0 Å². The lowest BCUT2D eigenvalue weighted by molar-refractivity contribution is 0.242. The molecule has 3 aromatic rings. The predicted octanol–water partition coefficient (Wildman–Crippen LogP) is 4.79. The smallest absolute Gasteiger partial charge is 0.247 e. The van der Waals surface area contributed by atoms with Crippen molar-refractivity contribution in [1.82, 2.24) is 4.31 Å². The molecule has 1 aliphatic heterocycles. The Morgan fingerprint density at radius 3 is 2.28 bits per heavy atom. The SMILES string of the molecule is CC(C)Oc1ccc(C2Nc3ccccc3S(=O)(=O)N2Cc2ccccc2)cc1. The first kappa shape index (κ1) is 19.5. The van der Waals surface area contributed by atoms with E-state index in [4.69, 9.17) is 4.74 Å². The quantitative estimate of drug-likeness (QED) is 0.659. The molecule has 150 valence electrons. The zero-order valence-corrected chi connectivity index (χ0v) is 17.3. The molecule has 29 heavy (non-hydrogen) atoms. The number of hydrogen-bond donors (Lipinski definition) is 1. The number of hydrogen-bond acceptors (Lipinski definition) is 4. The van der Waals surface area contributed by atoms with Gasteiger partial charge in [0.1, 0.15) is 16.8 Å². The van der Waals surface area contributed by atoms with Gasteiger partial charge in [0.05, 0.1) is 11.8 Å². The van der Waals surface area contributed by atoms with Gasteiger partial charge in [-0.1, -0.05) is 54.6 Å². The summed E-state index contributed by atoms with van der Waals surface area (Å²) in [5.74, 6) is 0.762. The molecule has 0 radical (unpaired) electrons. The van der Waals surface area contributed by atoms with Gasteiger partial charge in [0.15, 0.2) is 0 Å². The molecule has 0 saturated carbocycles. The highest BCUT2D eigenvalue weighted by Crippen LogP contribution is 2.39. The third-order valence-electron chi connectivity index (χ3n) is 4.80. The van der Waals surface area contributed by atoms with Gasteiger partial charge in [-0.3, -0.25) is 0 Å². The Labute approximate surface area is 172 Å². The number of anilines is 1. The molecular weight excluding hydrogens is 384 g/mol. The number of nitrogens with zero attached hydrogens (tertiary/aromatic N) is 1. The van der Waals surface area contributed by atoms with Crippen LogP contribution in [-0.4, -0.2) is 18.8 Å². The molecule has 0 amide bonds. The first-order valence-corrected chi connectivity index (χ1v) is 11.1. The molecule has 0 bridgehead atoms. The second kappa shape index (κ2) is 7.89. The third kappa shape index (κ3) is 3.99. The second-order valence-electron chi connectivity index (χ2n) is 7.31. The average Bonchev–Trinajstić information content (AvgIpc) is 2.71. The number of fused-ring (bicyclic) bond motifs is 1. The molecule has 1 atom stereocenters. The van der Waals surface area contributed by atoms with Crippen LogP contribution in [0.2, 0.25) is 0 Å². The summed E-state index contributed by atoms with van der Waals surface area (Å²) in [6, 6.07) is 24.2. The number of sulfonamides is 1. The number of para-hydroxylation sites is 1. The predicted molar refractivity (Wildman–Crippen MR) is 114 cm³/mol. The standard InChI is InChI=1S/C23H24N2O3S/c1-17(2)28-20-14-12-19(13-15-20)23-24-21-10-6-7-11-22(21)29(26,27)25(23)16-18-8-4-3-5-9-18/h3-15,17,23-24H,16H2,1-2H3. The maximum Gasteiger partial charge on any atom is 0.247 e. The maximum atomic E-state index is 13.5. The van der Waals surface area contributed by atoms with Crippen LogP contribution in [0.1, 0.15) is 31.1 Å². The summed E-state index contributed by atoms with van der Waals surface area (Å²) in [5, 5.41) is 3.41. The minimum absolute atomic E-state index is 0.0792. The highest BCUT2D eigenvalue weighted by atomic mass is 32.2. The van der Waals surface area contributed by atoms with Gasteiger partial charge in [-0.05, 0) is 49.2 Å². The Kier molecular flexibility index (Phi) is 5.30. The lowest BCUT2D eigenvalue weighted by Crippen LogP contribution is -2.42. The van der Waals surface area contributed by atoms with Gasteiger partial charge in [-0.2, -0.15) is 4.31 Å². The number of nitrogens with one attached hydrogen (secondary N) is 1. The van der Waals surface area contributed by atoms with Crippen molar-refractivity contribution in [1.29, 1.82) is 0 Å². The van der Waals surface area contributed by atoms with E-state index in [9.17, 15) is 8.42 Å². The molecule has 3 aromatic carbocycles. The molecule has 4 rings (SSSR count). The summed E-state index contributed by atoms with van der Waals surface area (Å²) in [7, 11) is -3.67. The molecule has 1 N–H and O–H groups in total. The summed E-state index contributed by atoms with van der Waals surface area (Å²) < 4.78 is 34.2. The van der Waals surface area contributed by atoms with Crippen LogP contribution in [0.3, 0.4) is 0 Å². The third-order valence-corrected chi connectivity index (χ3v) is 6.67. The monoisotopic (exact) mass is 408 g/mol. The van der Waals surface area contributed by atoms with Crippen molar-refractivity contribution in [2.24, 2.45) is 0 Å². The summed E-state index contributed by atoms with van der Waals surface area (Å²) in [4.78, 5) is 0.298. The van der Waals surface area contributed by atoms with Gasteiger partial charge in [0.25, 0.3) is 0 Å². The zero-order chi connectivity index (χ0) is 20.4. The van der Waals surface area contributed by atoms with Crippen molar-refractivity contribution in [3.8, 4) is 5.75 Å².